The van der Waals surface area contributed by atoms with Crippen LogP contribution in [0.15, 0.2) is 122 Å². The first-order valence-corrected chi connectivity index (χ1v) is 33.0. The van der Waals surface area contributed by atoms with Crippen molar-refractivity contribution < 1.29 is 28.6 Å². The Morgan fingerprint density at radius 2 is 0.494 bits per heavy atom. The lowest BCUT2D eigenvalue weighted by Crippen LogP contribution is -2.30. The maximum atomic E-state index is 12.8. The van der Waals surface area contributed by atoms with E-state index in [-0.39, 0.29) is 31.1 Å². The molecule has 0 aliphatic carbocycles. The van der Waals surface area contributed by atoms with E-state index in [2.05, 4.69) is 142 Å². The van der Waals surface area contributed by atoms with Crippen molar-refractivity contribution in [3.63, 3.8) is 0 Å². The van der Waals surface area contributed by atoms with Crippen molar-refractivity contribution in [1.29, 1.82) is 0 Å². The SMILES string of the molecule is CC/C=C\C/C=C\C/C=C\C/C=C\C/C=C\C/C=C\C/C=C\C/C=C\C/C=C\C/C=C\CCCCC(=O)OCC(COC(=O)CCCCCCC)OC(=O)CCCCCCCCCCCCCCCCCCCCCCCCC. The first-order valence-electron chi connectivity index (χ1n) is 33.0. The molecule has 0 aromatic heterocycles. The Morgan fingerprint density at radius 1 is 0.266 bits per heavy atom. The average molecular weight is 1100 g/mol. The lowest BCUT2D eigenvalue weighted by Gasteiger charge is -2.18. The van der Waals surface area contributed by atoms with Gasteiger partial charge >= 0.3 is 17.9 Å². The maximum absolute atomic E-state index is 12.8. The van der Waals surface area contributed by atoms with Crippen LogP contribution in [-0.2, 0) is 28.6 Å². The van der Waals surface area contributed by atoms with Crippen LogP contribution in [0.1, 0.15) is 303 Å². The van der Waals surface area contributed by atoms with Gasteiger partial charge in [0.2, 0.25) is 0 Å². The van der Waals surface area contributed by atoms with Gasteiger partial charge in [0.25, 0.3) is 0 Å². The molecular formula is C73H122O6. The second-order valence-electron chi connectivity index (χ2n) is 21.7. The Hall–Kier alpha value is -4.19. The van der Waals surface area contributed by atoms with Crippen LogP contribution in [0.3, 0.4) is 0 Å². The van der Waals surface area contributed by atoms with E-state index in [4.69, 9.17) is 14.2 Å². The molecule has 79 heavy (non-hydrogen) atoms. The highest BCUT2D eigenvalue weighted by Gasteiger charge is 2.19. The Morgan fingerprint density at radius 3 is 0.772 bits per heavy atom. The third kappa shape index (κ3) is 64.5. The summed E-state index contributed by atoms with van der Waals surface area (Å²) in [5.41, 5.74) is 0. The summed E-state index contributed by atoms with van der Waals surface area (Å²) in [6.45, 7) is 6.43. The van der Waals surface area contributed by atoms with Crippen LogP contribution >= 0.6 is 0 Å². The molecule has 6 nitrogen and oxygen atoms in total. The van der Waals surface area contributed by atoms with Gasteiger partial charge in [0.1, 0.15) is 13.2 Å². The van der Waals surface area contributed by atoms with Crippen molar-refractivity contribution in [2.75, 3.05) is 13.2 Å². The second kappa shape index (κ2) is 66.3. The molecule has 450 valence electrons. The molecule has 0 saturated carbocycles. The summed E-state index contributed by atoms with van der Waals surface area (Å²) in [4.78, 5) is 37.9. The number of esters is 3. The van der Waals surface area contributed by atoms with Gasteiger partial charge in [-0.25, -0.2) is 0 Å². The van der Waals surface area contributed by atoms with Crippen molar-refractivity contribution in [2.45, 2.75) is 309 Å². The summed E-state index contributed by atoms with van der Waals surface area (Å²) < 4.78 is 16.7. The van der Waals surface area contributed by atoms with Gasteiger partial charge in [-0.05, 0) is 96.3 Å². The molecular weight excluding hydrogens is 973 g/mol. The molecule has 0 bridgehead atoms. The first-order chi connectivity index (χ1) is 39.0. The van der Waals surface area contributed by atoms with Crippen LogP contribution in [0.25, 0.3) is 0 Å². The predicted octanol–water partition coefficient (Wildman–Crippen LogP) is 22.8. The maximum Gasteiger partial charge on any atom is 0.306 e. The van der Waals surface area contributed by atoms with Crippen molar-refractivity contribution in [1.82, 2.24) is 0 Å². The van der Waals surface area contributed by atoms with Crippen molar-refractivity contribution in [2.24, 2.45) is 0 Å². The molecule has 0 aromatic carbocycles. The largest absolute Gasteiger partial charge is 0.462 e. The third-order valence-electron chi connectivity index (χ3n) is 14.0. The molecule has 0 spiro atoms. The minimum Gasteiger partial charge on any atom is -0.462 e. The summed E-state index contributed by atoms with van der Waals surface area (Å²) in [6, 6.07) is 0. The standard InChI is InChI=1S/C73H122O6/c1-4-7-10-13-15-17-19-21-23-25-27-29-31-32-33-34-35-36-37-38-39-40-42-43-45-47-49-51-53-55-57-60-63-66-72(75)78-69-70(68-77-71(74)65-62-59-12-9-6-3)79-73(76)67-64-61-58-56-54-52-50-48-46-44-41-30-28-26-24-22-20-18-16-14-11-8-5-2/h7,10,15,17,21,23,27,29,32-33,35-36,38-39,42-43,47,49,53,55,70H,4-6,8-9,11-14,16,18-20,22,24-26,28,30-31,34,37,40-41,44-46,48,50-52,54,56-69H2,1-3H3/b10-7-,17-15-,23-21-,29-27-,33-32-,36-35-,39-38-,43-42-,49-47-,55-53-. The van der Waals surface area contributed by atoms with Crippen LogP contribution in [0.5, 0.6) is 0 Å². The molecule has 0 aliphatic heterocycles. The van der Waals surface area contributed by atoms with Gasteiger partial charge in [0.15, 0.2) is 6.10 Å². The molecule has 6 heteroatoms. The van der Waals surface area contributed by atoms with E-state index in [1.165, 1.54) is 128 Å². The molecule has 0 rings (SSSR count). The van der Waals surface area contributed by atoms with Gasteiger partial charge in [-0.3, -0.25) is 14.4 Å². The topological polar surface area (TPSA) is 78.9 Å². The van der Waals surface area contributed by atoms with Crippen LogP contribution < -0.4 is 0 Å². The molecule has 1 atom stereocenters. The quantitative estimate of drug-likeness (QED) is 0.0261. The van der Waals surface area contributed by atoms with Crippen LogP contribution in [0, 0.1) is 0 Å². The number of hydrogen-bond acceptors (Lipinski definition) is 6. The number of unbranched alkanes of at least 4 members (excludes halogenated alkanes) is 28. The van der Waals surface area contributed by atoms with E-state index >= 15 is 0 Å². The van der Waals surface area contributed by atoms with E-state index in [9.17, 15) is 14.4 Å². The fourth-order valence-electron chi connectivity index (χ4n) is 9.06. The highest BCUT2D eigenvalue weighted by atomic mass is 16.6. The Labute approximate surface area is 488 Å². The number of rotatable bonds is 59. The van der Waals surface area contributed by atoms with Crippen molar-refractivity contribution in [3.05, 3.63) is 122 Å². The number of allylic oxidation sites excluding steroid dienone is 20. The van der Waals surface area contributed by atoms with Crippen molar-refractivity contribution >= 4 is 17.9 Å². The highest BCUT2D eigenvalue weighted by molar-refractivity contribution is 5.71. The molecule has 0 radical (unpaired) electrons. The zero-order valence-electron chi connectivity index (χ0n) is 51.6. The summed E-state index contributed by atoms with van der Waals surface area (Å²) in [5, 5.41) is 0. The monoisotopic (exact) mass is 1090 g/mol. The zero-order valence-corrected chi connectivity index (χ0v) is 51.6. The van der Waals surface area contributed by atoms with Crippen molar-refractivity contribution in [3.8, 4) is 0 Å². The molecule has 0 amide bonds. The van der Waals surface area contributed by atoms with E-state index in [1.807, 2.05) is 0 Å². The van der Waals surface area contributed by atoms with E-state index in [0.29, 0.717) is 19.3 Å². The second-order valence-corrected chi connectivity index (χ2v) is 21.7. The third-order valence-corrected chi connectivity index (χ3v) is 14.0. The van der Waals surface area contributed by atoms with E-state index in [0.717, 1.165) is 135 Å². The predicted molar refractivity (Wildman–Crippen MR) is 343 cm³/mol. The van der Waals surface area contributed by atoms with Gasteiger partial charge in [0.05, 0.1) is 0 Å². The van der Waals surface area contributed by atoms with Gasteiger partial charge < -0.3 is 14.2 Å². The summed E-state index contributed by atoms with van der Waals surface area (Å²) in [6.07, 6.45) is 92.7. The van der Waals surface area contributed by atoms with Gasteiger partial charge in [-0.15, -0.1) is 0 Å². The van der Waals surface area contributed by atoms with Crippen LogP contribution in [0.4, 0.5) is 0 Å². The lowest BCUT2D eigenvalue weighted by atomic mass is 10.0. The normalized spacial score (nSPS) is 12.9. The van der Waals surface area contributed by atoms with Gasteiger partial charge in [-0.2, -0.15) is 0 Å². The highest BCUT2D eigenvalue weighted by Crippen LogP contribution is 2.17. The Balaban J connectivity index is 4.14. The molecule has 0 N–H and O–H groups in total. The van der Waals surface area contributed by atoms with Gasteiger partial charge in [0, 0.05) is 19.3 Å². The van der Waals surface area contributed by atoms with Gasteiger partial charge in [-0.1, -0.05) is 309 Å². The first kappa shape index (κ1) is 74.8. The smallest absolute Gasteiger partial charge is 0.306 e. The summed E-state index contributed by atoms with van der Waals surface area (Å²) in [5.74, 6) is -0.945. The van der Waals surface area contributed by atoms with Crippen LogP contribution in [0.2, 0.25) is 0 Å². The number of hydrogen-bond donors (Lipinski definition) is 0. The lowest BCUT2D eigenvalue weighted by molar-refractivity contribution is -0.167. The van der Waals surface area contributed by atoms with E-state index in [1.54, 1.807) is 0 Å². The molecule has 1 unspecified atom stereocenters. The fourth-order valence-corrected chi connectivity index (χ4v) is 9.06. The number of carbonyl (C=O) groups is 3. The summed E-state index contributed by atoms with van der Waals surface area (Å²) >= 11 is 0. The summed E-state index contributed by atoms with van der Waals surface area (Å²) in [7, 11) is 0. The van der Waals surface area contributed by atoms with Crippen LogP contribution in [-0.4, -0.2) is 37.2 Å². The molecule has 0 aromatic rings. The molecule has 0 aliphatic rings. The average Bonchev–Trinajstić information content (AvgIpc) is 3.45. The number of ether oxygens (including phenoxy) is 3. The molecule has 0 fully saturated rings. The molecule has 0 heterocycles. The van der Waals surface area contributed by atoms with E-state index < -0.39 is 6.10 Å². The molecule has 0 saturated heterocycles. The Bertz CT molecular complexity index is 1640. The minimum atomic E-state index is -0.794. The fraction of sp³-hybridized carbons (Fsp3) is 0.685. The Kier molecular flexibility index (Phi) is 62.8. The minimum absolute atomic E-state index is 0.0919. The number of carbonyl (C=O) groups excluding carboxylic acids is 3. The zero-order chi connectivity index (χ0) is 57.1.